The molecule has 1 aliphatic heterocycles. The van der Waals surface area contributed by atoms with Gasteiger partial charge in [-0.2, -0.15) is 5.10 Å². The highest BCUT2D eigenvalue weighted by atomic mass is 35.5. The number of amides is 1. The summed E-state index contributed by atoms with van der Waals surface area (Å²) >= 11 is 9.57. The van der Waals surface area contributed by atoms with E-state index in [2.05, 4.69) is 35.0 Å². The van der Waals surface area contributed by atoms with E-state index in [0.717, 1.165) is 25.0 Å². The van der Waals surface area contributed by atoms with Gasteiger partial charge in [0.05, 0.1) is 11.8 Å². The summed E-state index contributed by atoms with van der Waals surface area (Å²) in [5.41, 5.74) is 2.90. The quantitative estimate of drug-likeness (QED) is 0.437. The van der Waals surface area contributed by atoms with Crippen molar-refractivity contribution in [2.75, 3.05) is 0 Å². The Kier molecular flexibility index (Phi) is 5.12. The topological polar surface area (TPSA) is 32.7 Å². The average molecular weight is 439 g/mol. The van der Waals surface area contributed by atoms with Gasteiger partial charge >= 0.3 is 0 Å². The van der Waals surface area contributed by atoms with Gasteiger partial charge < -0.3 is 0 Å². The van der Waals surface area contributed by atoms with Gasteiger partial charge in [-0.15, -0.1) is 22.7 Å². The fourth-order valence-corrected chi connectivity index (χ4v) is 5.95. The second kappa shape index (κ2) is 7.90. The molecule has 2 aromatic heterocycles. The number of allylic oxidation sites excluding steroid dienone is 1. The van der Waals surface area contributed by atoms with Crippen molar-refractivity contribution in [3.8, 4) is 0 Å². The van der Waals surface area contributed by atoms with Crippen molar-refractivity contribution in [2.24, 2.45) is 11.0 Å². The highest BCUT2D eigenvalue weighted by molar-refractivity contribution is 7.11. The van der Waals surface area contributed by atoms with E-state index in [-0.39, 0.29) is 17.9 Å². The number of nitrogens with zero attached hydrogens (tertiary/aromatic N) is 2. The predicted molar refractivity (Wildman–Crippen MR) is 122 cm³/mol. The zero-order valence-electron chi connectivity index (χ0n) is 15.6. The second-order valence-electron chi connectivity index (χ2n) is 7.29. The van der Waals surface area contributed by atoms with Crippen LogP contribution in [0.1, 0.15) is 45.4 Å². The van der Waals surface area contributed by atoms with Crippen LogP contribution in [0.3, 0.4) is 0 Å². The number of hydrogen-bond acceptors (Lipinski definition) is 4. The summed E-state index contributed by atoms with van der Waals surface area (Å²) in [7, 11) is 0. The first-order valence-electron chi connectivity index (χ1n) is 9.66. The van der Waals surface area contributed by atoms with E-state index in [1.165, 1.54) is 15.3 Å². The molecular weight excluding hydrogens is 420 g/mol. The van der Waals surface area contributed by atoms with Crippen molar-refractivity contribution in [1.82, 2.24) is 5.01 Å². The average Bonchev–Trinajstić information content (AvgIpc) is 3.48. The fourth-order valence-electron chi connectivity index (χ4n) is 4.20. The first kappa shape index (κ1) is 18.8. The summed E-state index contributed by atoms with van der Waals surface area (Å²) in [4.78, 5) is 15.8. The molecule has 1 saturated carbocycles. The lowest BCUT2D eigenvalue weighted by atomic mass is 9.79. The Balaban J connectivity index is 1.57. The molecule has 2 aliphatic rings. The number of fused-ring (bicyclic) bond motifs is 1. The van der Waals surface area contributed by atoms with Gasteiger partial charge in [-0.1, -0.05) is 29.8 Å². The minimum atomic E-state index is -0.0942. The number of hydrazone groups is 1. The van der Waals surface area contributed by atoms with Gasteiger partial charge in [-0.05, 0) is 72.0 Å². The van der Waals surface area contributed by atoms with Crippen LogP contribution >= 0.6 is 34.3 Å². The number of thiophene rings is 2. The zero-order valence-corrected chi connectivity index (χ0v) is 18.0. The molecule has 0 spiro atoms. The van der Waals surface area contributed by atoms with Crippen LogP contribution in [0, 0.1) is 5.92 Å². The van der Waals surface area contributed by atoms with Crippen LogP contribution in [0.15, 0.2) is 70.0 Å². The fraction of sp³-hybridized carbons (Fsp3) is 0.217. The van der Waals surface area contributed by atoms with Crippen LogP contribution in [-0.4, -0.2) is 16.6 Å². The second-order valence-corrected chi connectivity index (χ2v) is 9.68. The van der Waals surface area contributed by atoms with Crippen molar-refractivity contribution in [2.45, 2.75) is 25.3 Å². The summed E-state index contributed by atoms with van der Waals surface area (Å²) in [6, 6.07) is 15.4. The van der Waals surface area contributed by atoms with E-state index >= 15 is 0 Å². The van der Waals surface area contributed by atoms with Crippen molar-refractivity contribution in [1.29, 1.82) is 0 Å². The summed E-state index contributed by atoms with van der Waals surface area (Å²) in [5.74, 6) is 0.139. The Morgan fingerprint density at radius 1 is 1.14 bits per heavy atom. The molecule has 29 heavy (non-hydrogen) atoms. The van der Waals surface area contributed by atoms with Crippen molar-refractivity contribution < 1.29 is 4.79 Å². The number of carbonyl (C=O) groups is 1. The number of carbonyl (C=O) groups excluding carboxylic acids is 1. The van der Waals surface area contributed by atoms with E-state index in [1.54, 1.807) is 39.8 Å². The Hall–Kier alpha value is -2.21. The number of rotatable bonds is 3. The third-order valence-electron chi connectivity index (χ3n) is 5.48. The van der Waals surface area contributed by atoms with Gasteiger partial charge in [0.2, 0.25) is 0 Å². The first-order valence-corrected chi connectivity index (χ1v) is 11.8. The highest BCUT2D eigenvalue weighted by Gasteiger charge is 2.44. The summed E-state index contributed by atoms with van der Waals surface area (Å²) in [6.45, 7) is 0. The maximum Gasteiger partial charge on any atom is 0.274 e. The van der Waals surface area contributed by atoms with Crippen LogP contribution in [0.5, 0.6) is 0 Å². The normalized spacial score (nSPS) is 22.6. The Labute approximate surface area is 182 Å². The van der Waals surface area contributed by atoms with Gasteiger partial charge in [0.15, 0.2) is 0 Å². The van der Waals surface area contributed by atoms with Crippen LogP contribution in [0.25, 0.3) is 6.08 Å². The van der Waals surface area contributed by atoms with E-state index in [9.17, 15) is 4.79 Å². The number of halogens is 1. The lowest BCUT2D eigenvalue weighted by Gasteiger charge is -2.28. The van der Waals surface area contributed by atoms with Gasteiger partial charge in [-0.3, -0.25) is 4.79 Å². The van der Waals surface area contributed by atoms with Crippen LogP contribution in [0.4, 0.5) is 0 Å². The van der Waals surface area contributed by atoms with E-state index < -0.39 is 0 Å². The molecule has 1 fully saturated rings. The van der Waals surface area contributed by atoms with Gasteiger partial charge in [0.1, 0.15) is 0 Å². The number of hydrogen-bond donors (Lipinski definition) is 0. The molecule has 3 aromatic rings. The van der Waals surface area contributed by atoms with Crippen molar-refractivity contribution in [3.63, 3.8) is 0 Å². The molecule has 2 unspecified atom stereocenters. The van der Waals surface area contributed by atoms with Crippen LogP contribution in [-0.2, 0) is 0 Å². The Bertz CT molecular complexity index is 1090. The van der Waals surface area contributed by atoms with Crippen molar-refractivity contribution in [3.05, 3.63) is 85.2 Å². The molecule has 6 heteroatoms. The van der Waals surface area contributed by atoms with E-state index in [4.69, 9.17) is 16.7 Å². The molecule has 5 rings (SSSR count). The lowest BCUT2D eigenvalue weighted by Crippen LogP contribution is -2.31. The molecule has 146 valence electrons. The number of benzene rings is 1. The maximum atomic E-state index is 13.4. The minimum Gasteiger partial charge on any atom is -0.267 e. The SMILES string of the molecule is O=C(c1cccc(Cl)c1)N1N=C2C(=Cc3cccs3)CCCC2C1c1cccs1. The standard InChI is InChI=1S/C23H19ClN2OS2/c24-17-7-1-6-16(13-17)23(27)26-22(20-10-4-12-29-20)19-9-2-5-15(21(19)25-26)14-18-8-3-11-28-18/h1,3-4,6-8,10-14,19,22H,2,5,9H2. The molecule has 1 amide bonds. The lowest BCUT2D eigenvalue weighted by molar-refractivity contribution is 0.0684. The summed E-state index contributed by atoms with van der Waals surface area (Å²) < 4.78 is 0. The molecule has 1 aromatic carbocycles. The molecule has 2 atom stereocenters. The predicted octanol–water partition coefficient (Wildman–Crippen LogP) is 6.90. The third kappa shape index (κ3) is 3.59. The smallest absolute Gasteiger partial charge is 0.267 e. The molecule has 3 nitrogen and oxygen atoms in total. The molecule has 0 radical (unpaired) electrons. The zero-order chi connectivity index (χ0) is 19.8. The molecule has 1 aliphatic carbocycles. The van der Waals surface area contributed by atoms with Crippen LogP contribution in [0.2, 0.25) is 5.02 Å². The van der Waals surface area contributed by atoms with Crippen LogP contribution < -0.4 is 0 Å². The largest absolute Gasteiger partial charge is 0.274 e. The molecule has 0 bridgehead atoms. The third-order valence-corrected chi connectivity index (χ3v) is 7.47. The maximum absolute atomic E-state index is 13.4. The van der Waals surface area contributed by atoms with E-state index in [1.807, 2.05) is 18.2 Å². The van der Waals surface area contributed by atoms with Gasteiger partial charge in [0, 0.05) is 26.3 Å². The molecular formula is C23H19ClN2OS2. The Morgan fingerprint density at radius 3 is 2.76 bits per heavy atom. The molecule has 3 heterocycles. The monoisotopic (exact) mass is 438 g/mol. The summed E-state index contributed by atoms with van der Waals surface area (Å²) in [5, 5.41) is 11.3. The highest BCUT2D eigenvalue weighted by Crippen LogP contribution is 2.46. The molecule has 0 saturated heterocycles. The Morgan fingerprint density at radius 2 is 2.00 bits per heavy atom. The molecule has 0 N–H and O–H groups in total. The van der Waals surface area contributed by atoms with Gasteiger partial charge in [-0.25, -0.2) is 5.01 Å². The van der Waals surface area contributed by atoms with E-state index in [0.29, 0.717) is 10.6 Å². The first-order chi connectivity index (χ1) is 14.2. The minimum absolute atomic E-state index is 0.0523. The summed E-state index contributed by atoms with van der Waals surface area (Å²) in [6.07, 6.45) is 5.41. The van der Waals surface area contributed by atoms with Gasteiger partial charge in [0.25, 0.3) is 5.91 Å². The van der Waals surface area contributed by atoms with Crippen molar-refractivity contribution >= 4 is 52.0 Å².